The van der Waals surface area contributed by atoms with Crippen LogP contribution in [0.1, 0.15) is 49.5 Å². The van der Waals surface area contributed by atoms with Gasteiger partial charge in [-0.15, -0.1) is 0 Å². The summed E-state index contributed by atoms with van der Waals surface area (Å²) in [5.41, 5.74) is 3.32. The highest BCUT2D eigenvalue weighted by molar-refractivity contribution is 5.87. The van der Waals surface area contributed by atoms with Crippen molar-refractivity contribution < 1.29 is 24.3 Å². The van der Waals surface area contributed by atoms with Crippen molar-refractivity contribution >= 4 is 17.8 Å². The van der Waals surface area contributed by atoms with Crippen molar-refractivity contribution in [2.75, 3.05) is 0 Å². The SMILES string of the molecule is CC(CCC(=O)NOC(=O)C(C)C)Cc1cccc(C(=O)O)c1. The van der Waals surface area contributed by atoms with E-state index in [-0.39, 0.29) is 29.7 Å². The average molecular weight is 321 g/mol. The molecule has 23 heavy (non-hydrogen) atoms. The lowest BCUT2D eigenvalue weighted by molar-refractivity contribution is -0.161. The van der Waals surface area contributed by atoms with Crippen LogP contribution in [0.4, 0.5) is 0 Å². The predicted molar refractivity (Wildman–Crippen MR) is 84.6 cm³/mol. The minimum atomic E-state index is -0.953. The Hall–Kier alpha value is -2.37. The van der Waals surface area contributed by atoms with E-state index >= 15 is 0 Å². The van der Waals surface area contributed by atoms with Gasteiger partial charge in [-0.1, -0.05) is 32.9 Å². The summed E-state index contributed by atoms with van der Waals surface area (Å²) in [6.07, 6.45) is 1.54. The van der Waals surface area contributed by atoms with Crippen LogP contribution in [-0.2, 0) is 20.8 Å². The van der Waals surface area contributed by atoms with Crippen LogP contribution >= 0.6 is 0 Å². The van der Waals surface area contributed by atoms with Crippen molar-refractivity contribution in [3.05, 3.63) is 35.4 Å². The highest BCUT2D eigenvalue weighted by Crippen LogP contribution is 2.15. The lowest BCUT2D eigenvalue weighted by Gasteiger charge is -2.12. The first kappa shape index (κ1) is 18.7. The summed E-state index contributed by atoms with van der Waals surface area (Å²) in [6.45, 7) is 5.35. The standard InChI is InChI=1S/C17H23NO5/c1-11(2)17(22)23-18-15(19)8-7-12(3)9-13-5-4-6-14(10-13)16(20)21/h4-6,10-12H,7-9H2,1-3H3,(H,18,19)(H,20,21). The number of carboxylic acids is 1. The zero-order chi connectivity index (χ0) is 17.4. The lowest BCUT2D eigenvalue weighted by Crippen LogP contribution is -2.29. The number of carboxylic acid groups (broad SMARTS) is 1. The molecule has 0 aliphatic rings. The molecule has 1 aromatic rings. The molecule has 0 aromatic heterocycles. The van der Waals surface area contributed by atoms with Gasteiger partial charge in [-0.25, -0.2) is 9.59 Å². The number of carbonyl (C=O) groups is 3. The number of benzene rings is 1. The maximum atomic E-state index is 11.6. The van der Waals surface area contributed by atoms with E-state index in [2.05, 4.69) is 10.3 Å². The van der Waals surface area contributed by atoms with E-state index in [0.29, 0.717) is 12.8 Å². The summed E-state index contributed by atoms with van der Waals surface area (Å²) >= 11 is 0. The number of rotatable bonds is 7. The number of hydrogen-bond acceptors (Lipinski definition) is 4. The minimum absolute atomic E-state index is 0.200. The molecule has 1 atom stereocenters. The molecule has 0 saturated carbocycles. The zero-order valence-electron chi connectivity index (χ0n) is 13.7. The second-order valence-electron chi connectivity index (χ2n) is 5.95. The molecule has 6 heteroatoms. The lowest BCUT2D eigenvalue weighted by atomic mass is 9.95. The molecule has 1 rings (SSSR count). The second-order valence-corrected chi connectivity index (χ2v) is 5.95. The van der Waals surface area contributed by atoms with Crippen LogP contribution in [0.15, 0.2) is 24.3 Å². The summed E-state index contributed by atoms with van der Waals surface area (Å²) < 4.78 is 0. The fourth-order valence-electron chi connectivity index (χ4n) is 1.99. The zero-order valence-corrected chi connectivity index (χ0v) is 13.7. The second kappa shape index (κ2) is 8.92. The van der Waals surface area contributed by atoms with Crippen LogP contribution in [0.3, 0.4) is 0 Å². The molecule has 1 aromatic carbocycles. The van der Waals surface area contributed by atoms with Gasteiger partial charge in [0.05, 0.1) is 11.5 Å². The van der Waals surface area contributed by atoms with Crippen LogP contribution in [0.2, 0.25) is 0 Å². The number of nitrogens with one attached hydrogen (secondary N) is 1. The molecule has 0 aliphatic heterocycles. The van der Waals surface area contributed by atoms with Gasteiger partial charge in [-0.2, -0.15) is 5.48 Å². The molecule has 1 amide bonds. The molecule has 0 bridgehead atoms. The highest BCUT2D eigenvalue weighted by Gasteiger charge is 2.13. The van der Waals surface area contributed by atoms with Gasteiger partial charge in [0, 0.05) is 6.42 Å². The molecule has 0 aliphatic carbocycles. The molecule has 0 spiro atoms. The quantitative estimate of drug-likeness (QED) is 0.753. The average Bonchev–Trinajstić information content (AvgIpc) is 2.50. The third kappa shape index (κ3) is 6.95. The van der Waals surface area contributed by atoms with Crippen molar-refractivity contribution in [1.29, 1.82) is 0 Å². The number of hydrogen-bond donors (Lipinski definition) is 2. The normalized spacial score (nSPS) is 11.8. The van der Waals surface area contributed by atoms with Gasteiger partial charge in [0.25, 0.3) is 5.91 Å². The van der Waals surface area contributed by atoms with Gasteiger partial charge in [0.2, 0.25) is 0 Å². The van der Waals surface area contributed by atoms with E-state index in [9.17, 15) is 14.4 Å². The Morgan fingerprint density at radius 1 is 1.22 bits per heavy atom. The van der Waals surface area contributed by atoms with Gasteiger partial charge in [0.1, 0.15) is 0 Å². The van der Waals surface area contributed by atoms with E-state index in [0.717, 1.165) is 5.56 Å². The Morgan fingerprint density at radius 2 is 1.91 bits per heavy atom. The Morgan fingerprint density at radius 3 is 2.52 bits per heavy atom. The first-order valence-electron chi connectivity index (χ1n) is 7.61. The van der Waals surface area contributed by atoms with Gasteiger partial charge < -0.3 is 9.94 Å². The highest BCUT2D eigenvalue weighted by atomic mass is 16.7. The van der Waals surface area contributed by atoms with Gasteiger partial charge in [0.15, 0.2) is 0 Å². The van der Waals surface area contributed by atoms with Crippen molar-refractivity contribution in [3.63, 3.8) is 0 Å². The fourth-order valence-corrected chi connectivity index (χ4v) is 1.99. The maximum Gasteiger partial charge on any atom is 0.335 e. The number of amides is 1. The largest absolute Gasteiger partial charge is 0.478 e. The number of carbonyl (C=O) groups excluding carboxylic acids is 2. The van der Waals surface area contributed by atoms with Crippen molar-refractivity contribution in [3.8, 4) is 0 Å². The predicted octanol–water partition coefficient (Wildman–Crippen LogP) is 2.57. The summed E-state index contributed by atoms with van der Waals surface area (Å²) in [4.78, 5) is 38.4. The smallest absolute Gasteiger partial charge is 0.335 e. The molecule has 2 N–H and O–H groups in total. The first-order chi connectivity index (χ1) is 10.8. The Bertz CT molecular complexity index is 568. The molecule has 126 valence electrons. The Balaban J connectivity index is 2.38. The molecule has 0 saturated heterocycles. The van der Waals surface area contributed by atoms with Crippen molar-refractivity contribution in [1.82, 2.24) is 5.48 Å². The molecule has 1 unspecified atom stereocenters. The molecule has 6 nitrogen and oxygen atoms in total. The van der Waals surface area contributed by atoms with Crippen LogP contribution in [0, 0.1) is 11.8 Å². The number of aromatic carboxylic acids is 1. The van der Waals surface area contributed by atoms with Crippen molar-refractivity contribution in [2.45, 2.75) is 40.0 Å². The third-order valence-corrected chi connectivity index (χ3v) is 3.36. The molecule has 0 heterocycles. The van der Waals surface area contributed by atoms with Crippen LogP contribution in [0.25, 0.3) is 0 Å². The first-order valence-corrected chi connectivity index (χ1v) is 7.61. The fraction of sp³-hybridized carbons (Fsp3) is 0.471. The van der Waals surface area contributed by atoms with Gasteiger partial charge in [-0.05, 0) is 36.5 Å². The van der Waals surface area contributed by atoms with E-state index in [1.807, 2.05) is 13.0 Å². The van der Waals surface area contributed by atoms with Crippen LogP contribution in [-0.4, -0.2) is 23.0 Å². The third-order valence-electron chi connectivity index (χ3n) is 3.36. The minimum Gasteiger partial charge on any atom is -0.478 e. The Labute approximate surface area is 135 Å². The van der Waals surface area contributed by atoms with E-state index in [1.165, 1.54) is 0 Å². The van der Waals surface area contributed by atoms with Gasteiger partial charge in [-0.3, -0.25) is 4.79 Å². The topological polar surface area (TPSA) is 92.7 Å². The summed E-state index contributed by atoms with van der Waals surface area (Å²) in [5, 5.41) is 8.97. The van der Waals surface area contributed by atoms with E-state index < -0.39 is 11.9 Å². The summed E-state index contributed by atoms with van der Waals surface area (Å²) in [5.74, 6) is -1.87. The maximum absolute atomic E-state index is 11.6. The number of hydroxylamine groups is 1. The van der Waals surface area contributed by atoms with E-state index in [4.69, 9.17) is 5.11 Å². The molecular weight excluding hydrogens is 298 g/mol. The molecule has 0 fully saturated rings. The monoisotopic (exact) mass is 321 g/mol. The van der Waals surface area contributed by atoms with Crippen LogP contribution in [0.5, 0.6) is 0 Å². The molecule has 0 radical (unpaired) electrons. The summed E-state index contributed by atoms with van der Waals surface area (Å²) in [7, 11) is 0. The van der Waals surface area contributed by atoms with Crippen LogP contribution < -0.4 is 5.48 Å². The Kier molecular flexibility index (Phi) is 7.25. The van der Waals surface area contributed by atoms with Crippen molar-refractivity contribution in [2.24, 2.45) is 11.8 Å². The molecular formula is C17H23NO5. The summed E-state index contributed by atoms with van der Waals surface area (Å²) in [6, 6.07) is 6.77. The van der Waals surface area contributed by atoms with E-state index in [1.54, 1.807) is 32.0 Å². The van der Waals surface area contributed by atoms with Gasteiger partial charge >= 0.3 is 11.9 Å².